The molecule has 0 fully saturated rings. The number of hydrogen-bond donors (Lipinski definition) is 1. The van der Waals surface area contributed by atoms with E-state index in [1.807, 2.05) is 0 Å². The molecule has 1 aromatic carbocycles. The lowest BCUT2D eigenvalue weighted by atomic mass is 10.1. The first kappa shape index (κ1) is 17.4. The zero-order chi connectivity index (χ0) is 16.8. The number of carbonyl (C=O) groups excluding carboxylic acids is 1. The second-order valence-corrected chi connectivity index (χ2v) is 4.54. The van der Waals surface area contributed by atoms with Crippen LogP contribution in [0.1, 0.15) is 6.92 Å². The molecular formula is C14H17NO7. The molecule has 0 aliphatic carbocycles. The van der Waals surface area contributed by atoms with Crippen LogP contribution in [0.25, 0.3) is 0 Å². The fourth-order valence-electron chi connectivity index (χ4n) is 1.46. The lowest BCUT2D eigenvalue weighted by molar-refractivity contribution is -0.385. The number of non-ortho nitro benzene ring substituents is 1. The zero-order valence-corrected chi connectivity index (χ0v) is 12.3. The van der Waals surface area contributed by atoms with Crippen LogP contribution in [0.4, 0.5) is 5.69 Å². The van der Waals surface area contributed by atoms with Gasteiger partial charge in [-0.05, 0) is 13.0 Å². The number of esters is 1. The standard InChI is InChI=1S/C14H17NO7/c1-4-7-21-13(16)14(2,17)9-22-11-6-5-10(15(18)19)8-12(11)20-3/h4-6,8,17H,1,7,9H2,2-3H3. The third-order valence-electron chi connectivity index (χ3n) is 2.64. The van der Waals surface area contributed by atoms with Crippen LogP contribution in [0, 0.1) is 10.1 Å². The van der Waals surface area contributed by atoms with Gasteiger partial charge < -0.3 is 19.3 Å². The Hall–Kier alpha value is -2.61. The molecule has 1 aromatic rings. The Balaban J connectivity index is 2.80. The van der Waals surface area contributed by atoms with Crippen LogP contribution in [0.15, 0.2) is 30.9 Å². The van der Waals surface area contributed by atoms with Gasteiger partial charge in [-0.25, -0.2) is 4.79 Å². The Labute approximate surface area is 127 Å². The van der Waals surface area contributed by atoms with Gasteiger partial charge in [0.15, 0.2) is 17.1 Å². The van der Waals surface area contributed by atoms with Gasteiger partial charge in [0.1, 0.15) is 13.2 Å². The van der Waals surface area contributed by atoms with Crippen LogP contribution in [0.2, 0.25) is 0 Å². The van der Waals surface area contributed by atoms with Crippen molar-refractivity contribution < 1.29 is 29.0 Å². The Bertz CT molecular complexity index is 568. The van der Waals surface area contributed by atoms with E-state index >= 15 is 0 Å². The second-order valence-electron chi connectivity index (χ2n) is 4.54. The molecule has 1 N–H and O–H groups in total. The molecule has 22 heavy (non-hydrogen) atoms. The minimum absolute atomic E-state index is 0.0319. The minimum atomic E-state index is -1.88. The third-order valence-corrected chi connectivity index (χ3v) is 2.64. The van der Waals surface area contributed by atoms with Gasteiger partial charge in [-0.3, -0.25) is 10.1 Å². The van der Waals surface area contributed by atoms with Crippen molar-refractivity contribution in [1.82, 2.24) is 0 Å². The fraction of sp³-hybridized carbons (Fsp3) is 0.357. The summed E-state index contributed by atoms with van der Waals surface area (Å²) in [6, 6.07) is 3.73. The number of carbonyl (C=O) groups is 1. The third kappa shape index (κ3) is 4.45. The molecule has 0 spiro atoms. The van der Waals surface area contributed by atoms with E-state index in [9.17, 15) is 20.0 Å². The molecule has 1 unspecified atom stereocenters. The molecule has 0 aliphatic rings. The Kier molecular flexibility index (Phi) is 5.88. The quantitative estimate of drug-likeness (QED) is 0.335. The highest BCUT2D eigenvalue weighted by atomic mass is 16.6. The predicted molar refractivity (Wildman–Crippen MR) is 76.9 cm³/mol. The molecule has 8 heteroatoms. The van der Waals surface area contributed by atoms with E-state index in [0.29, 0.717) is 0 Å². The van der Waals surface area contributed by atoms with Crippen LogP contribution in [-0.4, -0.2) is 41.9 Å². The number of ether oxygens (including phenoxy) is 3. The first-order chi connectivity index (χ1) is 10.3. The number of aliphatic hydroxyl groups is 1. The fourth-order valence-corrected chi connectivity index (χ4v) is 1.46. The molecule has 0 radical (unpaired) electrons. The first-order valence-electron chi connectivity index (χ1n) is 6.27. The highest BCUT2D eigenvalue weighted by Crippen LogP contribution is 2.31. The van der Waals surface area contributed by atoms with Crippen molar-refractivity contribution in [2.24, 2.45) is 0 Å². The Morgan fingerprint density at radius 3 is 2.73 bits per heavy atom. The van der Waals surface area contributed by atoms with Crippen molar-refractivity contribution in [3.63, 3.8) is 0 Å². The van der Waals surface area contributed by atoms with Crippen LogP contribution < -0.4 is 9.47 Å². The van der Waals surface area contributed by atoms with E-state index in [4.69, 9.17) is 14.2 Å². The summed E-state index contributed by atoms with van der Waals surface area (Å²) in [5.41, 5.74) is -2.04. The van der Waals surface area contributed by atoms with E-state index in [2.05, 4.69) is 6.58 Å². The maximum absolute atomic E-state index is 11.6. The topological polar surface area (TPSA) is 108 Å². The monoisotopic (exact) mass is 311 g/mol. The summed E-state index contributed by atoms with van der Waals surface area (Å²) in [6.07, 6.45) is 1.37. The molecule has 1 atom stereocenters. The lowest BCUT2D eigenvalue weighted by Crippen LogP contribution is -2.42. The highest BCUT2D eigenvalue weighted by molar-refractivity contribution is 5.79. The number of nitrogens with zero attached hydrogens (tertiary/aromatic N) is 1. The van der Waals surface area contributed by atoms with Gasteiger partial charge >= 0.3 is 5.97 Å². The molecule has 0 aliphatic heterocycles. The van der Waals surface area contributed by atoms with Crippen molar-refractivity contribution >= 4 is 11.7 Å². The molecule has 1 rings (SSSR count). The molecule has 8 nitrogen and oxygen atoms in total. The molecule has 0 bridgehead atoms. The van der Waals surface area contributed by atoms with Crippen molar-refractivity contribution in [2.75, 3.05) is 20.3 Å². The maximum Gasteiger partial charge on any atom is 0.341 e. The van der Waals surface area contributed by atoms with Gasteiger partial charge in [-0.15, -0.1) is 0 Å². The molecular weight excluding hydrogens is 294 g/mol. The normalized spacial score (nSPS) is 12.9. The minimum Gasteiger partial charge on any atom is -0.493 e. The van der Waals surface area contributed by atoms with Crippen LogP contribution >= 0.6 is 0 Å². The summed E-state index contributed by atoms with van der Waals surface area (Å²) >= 11 is 0. The largest absolute Gasteiger partial charge is 0.493 e. The Morgan fingerprint density at radius 1 is 1.50 bits per heavy atom. The van der Waals surface area contributed by atoms with E-state index in [0.717, 1.165) is 0 Å². The lowest BCUT2D eigenvalue weighted by Gasteiger charge is -2.21. The van der Waals surface area contributed by atoms with E-state index in [-0.39, 0.29) is 23.8 Å². The van der Waals surface area contributed by atoms with E-state index < -0.39 is 23.1 Å². The number of rotatable bonds is 8. The van der Waals surface area contributed by atoms with Crippen molar-refractivity contribution in [3.8, 4) is 11.5 Å². The summed E-state index contributed by atoms with van der Waals surface area (Å²) in [4.78, 5) is 21.7. The average Bonchev–Trinajstić information content (AvgIpc) is 2.50. The summed E-state index contributed by atoms with van der Waals surface area (Å²) in [6.45, 7) is 4.19. The van der Waals surface area contributed by atoms with E-state index in [1.165, 1.54) is 38.3 Å². The van der Waals surface area contributed by atoms with Crippen LogP contribution in [0.5, 0.6) is 11.5 Å². The van der Waals surface area contributed by atoms with Gasteiger partial charge in [-0.1, -0.05) is 12.7 Å². The van der Waals surface area contributed by atoms with Crippen molar-refractivity contribution in [2.45, 2.75) is 12.5 Å². The predicted octanol–water partition coefficient (Wildman–Crippen LogP) is 1.46. The number of methoxy groups -OCH3 is 1. The van der Waals surface area contributed by atoms with Crippen molar-refractivity contribution in [3.05, 3.63) is 41.0 Å². The number of nitro groups is 1. The Morgan fingerprint density at radius 2 is 2.18 bits per heavy atom. The number of nitro benzene ring substituents is 1. The molecule has 0 saturated carbocycles. The van der Waals surface area contributed by atoms with E-state index in [1.54, 1.807) is 0 Å². The van der Waals surface area contributed by atoms with Gasteiger partial charge in [0, 0.05) is 6.07 Å². The second kappa shape index (κ2) is 7.41. The molecule has 0 heterocycles. The average molecular weight is 311 g/mol. The van der Waals surface area contributed by atoms with Gasteiger partial charge in [0.2, 0.25) is 0 Å². The van der Waals surface area contributed by atoms with Gasteiger partial charge in [0.25, 0.3) is 5.69 Å². The summed E-state index contributed by atoms with van der Waals surface area (Å²) in [7, 11) is 1.32. The molecule has 0 saturated heterocycles. The van der Waals surface area contributed by atoms with Gasteiger partial charge in [-0.2, -0.15) is 0 Å². The SMILES string of the molecule is C=CCOC(=O)C(C)(O)COc1ccc([N+](=O)[O-])cc1OC. The maximum atomic E-state index is 11.6. The highest BCUT2D eigenvalue weighted by Gasteiger charge is 2.33. The first-order valence-corrected chi connectivity index (χ1v) is 6.27. The summed E-state index contributed by atoms with van der Waals surface area (Å²) in [5.74, 6) is -0.595. The van der Waals surface area contributed by atoms with Crippen LogP contribution in [-0.2, 0) is 9.53 Å². The number of hydrogen-bond acceptors (Lipinski definition) is 7. The smallest absolute Gasteiger partial charge is 0.341 e. The molecule has 120 valence electrons. The van der Waals surface area contributed by atoms with Crippen molar-refractivity contribution in [1.29, 1.82) is 0 Å². The number of benzene rings is 1. The summed E-state index contributed by atoms with van der Waals surface area (Å²) < 4.78 is 15.0. The molecule has 0 amide bonds. The molecule has 0 aromatic heterocycles. The van der Waals surface area contributed by atoms with Crippen LogP contribution in [0.3, 0.4) is 0 Å². The zero-order valence-electron chi connectivity index (χ0n) is 12.3. The summed E-state index contributed by atoms with van der Waals surface area (Å²) in [5, 5.41) is 20.7. The van der Waals surface area contributed by atoms with Gasteiger partial charge in [0.05, 0.1) is 18.1 Å².